The number of rotatable bonds is 14. The fourth-order valence-corrected chi connectivity index (χ4v) is 2.04. The first-order chi connectivity index (χ1) is 9.48. The average Bonchev–Trinajstić information content (AvgIpc) is 2.36. The van der Waals surface area contributed by atoms with E-state index >= 15 is 0 Å². The maximum Gasteiger partial charge on any atom is 0.303 e. The number of unbranched alkanes of at least 4 members (excludes halogenated alkanes) is 8. The Bertz CT molecular complexity index is 243. The third kappa shape index (κ3) is 15.5. The van der Waals surface area contributed by atoms with E-state index in [1.54, 1.807) is 0 Å². The lowest BCUT2D eigenvalue weighted by Crippen LogP contribution is -1.93. The van der Waals surface area contributed by atoms with E-state index in [4.69, 9.17) is 7.85 Å². The van der Waals surface area contributed by atoms with Gasteiger partial charge >= 0.3 is 5.97 Å². The molecule has 0 rings (SSSR count). The molecule has 0 radical (unpaired) electrons. The predicted octanol–water partition coefficient (Wildman–Crippen LogP) is 5.55. The lowest BCUT2D eigenvalue weighted by Gasteiger charge is -2.02. The van der Waals surface area contributed by atoms with E-state index in [0.29, 0.717) is 12.8 Å². The van der Waals surface area contributed by atoms with Gasteiger partial charge in [-0.1, -0.05) is 83.9 Å². The van der Waals surface area contributed by atoms with Crippen LogP contribution in [0.15, 0.2) is 0 Å². The highest BCUT2D eigenvalue weighted by atomic mass is 16.4. The molecular formula is C16H32O2. The fraction of sp³-hybridized carbons (Fsp3) is 0.938. The van der Waals surface area contributed by atoms with Crippen molar-refractivity contribution in [2.45, 2.75) is 96.8 Å². The van der Waals surface area contributed by atoms with Crippen molar-refractivity contribution in [1.29, 1.82) is 0 Å². The summed E-state index contributed by atoms with van der Waals surface area (Å²) in [5.41, 5.74) is 0. The number of hydrogen-bond acceptors (Lipinski definition) is 1. The van der Waals surface area contributed by atoms with Crippen molar-refractivity contribution in [1.82, 2.24) is 0 Å². The van der Waals surface area contributed by atoms with Crippen LogP contribution in [0, 0.1) is 0 Å². The molecule has 0 aliphatic heterocycles. The third-order valence-electron chi connectivity index (χ3n) is 3.20. The highest BCUT2D eigenvalue weighted by Crippen LogP contribution is 2.12. The molecule has 1 N–H and O–H groups in total. The number of carbonyl (C=O) groups is 1. The summed E-state index contributed by atoms with van der Waals surface area (Å²) < 4.78 is 15.9. The molecule has 0 bridgehead atoms. The molecule has 108 valence electrons. The van der Waals surface area contributed by atoms with Crippen LogP contribution in [0.4, 0.5) is 0 Å². The molecule has 0 fully saturated rings. The molecule has 0 saturated carbocycles. The summed E-state index contributed by atoms with van der Waals surface area (Å²) in [6.45, 7) is 2.14. The van der Waals surface area contributed by atoms with Gasteiger partial charge in [-0.25, -0.2) is 0 Å². The van der Waals surface area contributed by atoms with Gasteiger partial charge in [0, 0.05) is 9.16 Å². The molecule has 0 atom stereocenters. The first-order valence-corrected chi connectivity index (χ1v) is 7.70. The summed E-state index contributed by atoms with van der Waals surface area (Å²) in [6.07, 6.45) is 11.3. The maximum atomic E-state index is 10.3. The largest absolute Gasteiger partial charge is 0.481 e. The predicted molar refractivity (Wildman–Crippen MR) is 77.9 cm³/mol. The summed E-state index contributed by atoms with van der Waals surface area (Å²) in [4.78, 5) is 10.3. The zero-order chi connectivity index (χ0) is 15.3. The lowest BCUT2D eigenvalue weighted by atomic mass is 10.0. The summed E-state index contributed by atoms with van der Waals surface area (Å²) in [5, 5.41) is 8.50. The second-order valence-electron chi connectivity index (χ2n) is 5.08. The molecule has 0 spiro atoms. The maximum absolute atomic E-state index is 10.3. The van der Waals surface area contributed by atoms with Gasteiger partial charge in [-0.2, -0.15) is 0 Å². The fourth-order valence-electron chi connectivity index (χ4n) is 2.04. The zero-order valence-electron chi connectivity index (χ0n) is 14.0. The molecule has 0 saturated heterocycles. The smallest absolute Gasteiger partial charge is 0.303 e. The van der Waals surface area contributed by atoms with Crippen molar-refractivity contribution >= 4 is 5.97 Å². The minimum Gasteiger partial charge on any atom is -0.481 e. The van der Waals surface area contributed by atoms with E-state index in [9.17, 15) is 4.79 Å². The Hall–Kier alpha value is -0.530. The molecule has 0 aromatic carbocycles. The zero-order valence-corrected chi connectivity index (χ0v) is 12.0. The molecule has 0 heterocycles. The second kappa shape index (κ2) is 14.5. The molecule has 18 heavy (non-hydrogen) atoms. The highest BCUT2D eigenvalue weighted by molar-refractivity contribution is 5.66. The summed E-state index contributed by atoms with van der Waals surface area (Å²) in [7, 11) is 0. The van der Waals surface area contributed by atoms with Gasteiger partial charge < -0.3 is 5.11 Å². The van der Waals surface area contributed by atoms with Crippen molar-refractivity contribution < 1.29 is 12.6 Å². The molecule has 0 unspecified atom stereocenters. The van der Waals surface area contributed by atoms with Crippen LogP contribution in [0.5, 0.6) is 0 Å². The van der Waals surface area contributed by atoms with E-state index in [1.165, 1.54) is 0 Å². The normalized spacial score (nSPS) is 13.2. The van der Waals surface area contributed by atoms with E-state index < -0.39 is 12.3 Å². The van der Waals surface area contributed by atoms with Crippen LogP contribution in [0.25, 0.3) is 0 Å². The summed E-state index contributed by atoms with van der Waals surface area (Å²) >= 11 is 0. The van der Waals surface area contributed by atoms with E-state index in [-0.39, 0.29) is 6.42 Å². The SMILES string of the molecule is [2H]C([2H])(CCCCC)CCCCCCCCCC(=O)O. The van der Waals surface area contributed by atoms with Crippen LogP contribution in [0.2, 0.25) is 0 Å². The van der Waals surface area contributed by atoms with Crippen LogP contribution in [-0.2, 0) is 4.79 Å². The Labute approximate surface area is 116 Å². The number of aliphatic carboxylic acids is 1. The first kappa shape index (κ1) is 13.9. The second-order valence-corrected chi connectivity index (χ2v) is 5.08. The molecular weight excluding hydrogens is 224 g/mol. The molecule has 2 nitrogen and oxygen atoms in total. The van der Waals surface area contributed by atoms with Crippen LogP contribution in [0.3, 0.4) is 0 Å². The van der Waals surface area contributed by atoms with Gasteiger partial charge in [-0.3, -0.25) is 4.79 Å². The average molecular weight is 258 g/mol. The van der Waals surface area contributed by atoms with Crippen LogP contribution < -0.4 is 0 Å². The first-order valence-electron chi connectivity index (χ1n) is 8.70. The summed E-state index contributed by atoms with van der Waals surface area (Å²) in [6, 6.07) is 0. The standard InChI is InChI=1S/C16H32O2/c1-2-3-4-5-6-7-8-9-10-11-12-13-14-15-16(17)18/h2-15H2,1H3,(H,17,18)/i6D2. The van der Waals surface area contributed by atoms with Crippen molar-refractivity contribution in [2.24, 2.45) is 0 Å². The van der Waals surface area contributed by atoms with Gasteiger partial charge in [-0.15, -0.1) is 0 Å². The molecule has 2 heteroatoms. The third-order valence-corrected chi connectivity index (χ3v) is 3.20. The number of carboxylic acid groups (broad SMARTS) is 1. The Balaban J connectivity index is 3.31. The highest BCUT2D eigenvalue weighted by Gasteiger charge is 1.96. The van der Waals surface area contributed by atoms with E-state index in [2.05, 4.69) is 6.92 Å². The van der Waals surface area contributed by atoms with Crippen molar-refractivity contribution in [2.75, 3.05) is 0 Å². The Kier molecular flexibility index (Phi) is 11.2. The van der Waals surface area contributed by atoms with E-state index in [1.807, 2.05) is 0 Å². The van der Waals surface area contributed by atoms with Gasteiger partial charge in [0.15, 0.2) is 0 Å². The monoisotopic (exact) mass is 258 g/mol. The molecule has 0 amide bonds. The molecule has 0 aliphatic rings. The van der Waals surface area contributed by atoms with Crippen molar-refractivity contribution in [3.8, 4) is 0 Å². The minimum absolute atomic E-state index is 0.290. The topological polar surface area (TPSA) is 37.3 Å². The lowest BCUT2D eigenvalue weighted by molar-refractivity contribution is -0.137. The number of carboxylic acids is 1. The Morgan fingerprint density at radius 1 is 0.833 bits per heavy atom. The van der Waals surface area contributed by atoms with Gasteiger partial charge in [0.2, 0.25) is 0 Å². The van der Waals surface area contributed by atoms with Crippen LogP contribution in [-0.4, -0.2) is 11.1 Å². The van der Waals surface area contributed by atoms with Gasteiger partial charge in [-0.05, 0) is 6.42 Å². The quantitative estimate of drug-likeness (QED) is 0.415. The van der Waals surface area contributed by atoms with Gasteiger partial charge in [0.05, 0.1) is 0 Å². The van der Waals surface area contributed by atoms with E-state index in [0.717, 1.165) is 64.2 Å². The van der Waals surface area contributed by atoms with Crippen LogP contribution >= 0.6 is 0 Å². The van der Waals surface area contributed by atoms with Gasteiger partial charge in [0.25, 0.3) is 0 Å². The Morgan fingerprint density at radius 3 is 1.78 bits per heavy atom. The van der Waals surface area contributed by atoms with Crippen molar-refractivity contribution in [3.05, 3.63) is 0 Å². The molecule has 0 aromatic rings. The van der Waals surface area contributed by atoms with Gasteiger partial charge in [0.1, 0.15) is 0 Å². The number of hydrogen-bond donors (Lipinski definition) is 1. The van der Waals surface area contributed by atoms with Crippen molar-refractivity contribution in [3.63, 3.8) is 0 Å². The minimum atomic E-state index is -0.976. The molecule has 0 aromatic heterocycles. The summed E-state index contributed by atoms with van der Waals surface area (Å²) in [5.74, 6) is -0.699. The van der Waals surface area contributed by atoms with Crippen LogP contribution in [0.1, 0.15) is 99.5 Å². The Morgan fingerprint density at radius 2 is 1.28 bits per heavy atom. The molecule has 0 aliphatic carbocycles.